The van der Waals surface area contributed by atoms with Crippen LogP contribution in [0.4, 0.5) is 0 Å². The van der Waals surface area contributed by atoms with Crippen molar-refractivity contribution in [2.45, 2.75) is 186 Å². The predicted octanol–water partition coefficient (Wildman–Crippen LogP) is 0.595. The Morgan fingerprint density at radius 3 is 1.47 bits per heavy atom. The highest BCUT2D eigenvalue weighted by Crippen LogP contribution is 2.20. The molecule has 492 valence electrons. The molecular formula is C64H98N12O13. The summed E-state index contributed by atoms with van der Waals surface area (Å²) in [6.07, 6.45) is 0.368. The molecule has 0 bridgehead atoms. The fourth-order valence-corrected chi connectivity index (χ4v) is 10.7. The van der Waals surface area contributed by atoms with E-state index < -0.39 is 150 Å². The number of hydrogen-bond donors (Lipinski definition) is 5. The number of piperidine rings is 1. The van der Waals surface area contributed by atoms with Gasteiger partial charge >= 0.3 is 0 Å². The van der Waals surface area contributed by atoms with E-state index in [1.54, 1.807) is 84.4 Å². The summed E-state index contributed by atoms with van der Waals surface area (Å²) in [5.74, 6) is -8.22. The van der Waals surface area contributed by atoms with Gasteiger partial charge in [0.15, 0.2) is 0 Å². The number of amides is 11. The van der Waals surface area contributed by atoms with Crippen LogP contribution in [0.5, 0.6) is 0 Å². The van der Waals surface area contributed by atoms with Crippen LogP contribution >= 0.6 is 0 Å². The second-order valence-electron chi connectivity index (χ2n) is 24.6. The third-order valence-electron chi connectivity index (χ3n) is 17.5. The average molecular weight is 1240 g/mol. The van der Waals surface area contributed by atoms with Crippen LogP contribution in [0.2, 0.25) is 0 Å². The number of likely N-dealkylation sites (N-methyl/N-ethyl adjacent to an activating group) is 7. The molecule has 89 heavy (non-hydrogen) atoms. The molecule has 25 nitrogen and oxygen atoms in total. The number of rotatable bonds is 8. The predicted molar refractivity (Wildman–Crippen MR) is 334 cm³/mol. The number of nitrogens with one attached hydrogen (secondary N) is 4. The molecule has 2 saturated heterocycles. The lowest BCUT2D eigenvalue weighted by atomic mass is 9.99. The number of aliphatic hydroxyl groups is 1. The van der Waals surface area contributed by atoms with Crippen molar-refractivity contribution >= 4 is 70.8 Å². The quantitative estimate of drug-likeness (QED) is 0.242. The molecule has 2 aliphatic rings. The van der Waals surface area contributed by atoms with Crippen LogP contribution in [-0.2, 0) is 70.4 Å². The summed E-state index contributed by atoms with van der Waals surface area (Å²) in [6, 6.07) is 3.75. The molecule has 2 fully saturated rings. The fraction of sp³-hybridized carbons (Fsp3) is 0.625. The van der Waals surface area contributed by atoms with Crippen molar-refractivity contribution in [3.05, 3.63) is 71.8 Å². The molecule has 12 atom stereocenters. The third-order valence-corrected chi connectivity index (χ3v) is 17.5. The van der Waals surface area contributed by atoms with Crippen LogP contribution < -0.4 is 21.3 Å². The number of Topliss-reactive ketones (excluding diaryl/α,β-unsaturated/α-hetero) is 1. The van der Waals surface area contributed by atoms with E-state index in [2.05, 4.69) is 21.3 Å². The van der Waals surface area contributed by atoms with Crippen molar-refractivity contribution in [1.82, 2.24) is 60.5 Å². The SMILES string of the molecule is CC(C)C[C@H]1C(=O)N[C@H](C(=O)N2CCCCC2)CC(=O)CCN(C)[C@@H](C)C(=O)N(C)[C@@H](Cc2ccccc2)C(=O)N(C)[C@@H](C)C(=O)N[C@@H]([C@@H](C)O)C(=O)N(C)[C@@H](C)C(=O)N[C@@H](Cc2ccccc2)C(=O)N(C)[C@@H](C)C(=O)N[C@@H](C)C(=O)N(C)[C@@H](C)C(=O)N1C. The molecule has 0 radical (unpaired) electrons. The maximum Gasteiger partial charge on any atom is 0.248 e. The number of likely N-dealkylation sites (tertiary alicyclic amines) is 1. The highest BCUT2D eigenvalue weighted by Gasteiger charge is 2.41. The van der Waals surface area contributed by atoms with E-state index in [0.717, 1.165) is 38.9 Å². The number of aliphatic hydroxyl groups excluding tert-OH is 1. The van der Waals surface area contributed by atoms with Gasteiger partial charge in [-0.3, -0.25) is 62.4 Å². The monoisotopic (exact) mass is 1240 g/mol. The molecule has 0 unspecified atom stereocenters. The first-order chi connectivity index (χ1) is 41.7. The van der Waals surface area contributed by atoms with Crippen LogP contribution in [0.15, 0.2) is 60.7 Å². The third kappa shape index (κ3) is 19.8. The van der Waals surface area contributed by atoms with E-state index >= 15 is 0 Å². The summed E-state index contributed by atoms with van der Waals surface area (Å²) in [7, 11) is 9.87. The van der Waals surface area contributed by atoms with Crippen molar-refractivity contribution in [2.75, 3.05) is 69.0 Å². The number of carbonyl (C=O) groups excluding carboxylic acids is 12. The summed E-state index contributed by atoms with van der Waals surface area (Å²) in [5.41, 5.74) is 1.32. The minimum atomic E-state index is -1.65. The van der Waals surface area contributed by atoms with Crippen molar-refractivity contribution in [3.8, 4) is 0 Å². The van der Waals surface area contributed by atoms with E-state index in [0.29, 0.717) is 24.2 Å². The Kier molecular flexibility index (Phi) is 27.9. The largest absolute Gasteiger partial charge is 0.391 e. The molecule has 4 rings (SSSR count). The number of carbonyl (C=O) groups is 12. The van der Waals surface area contributed by atoms with Crippen LogP contribution in [0.1, 0.15) is 112 Å². The highest BCUT2D eigenvalue weighted by atomic mass is 16.3. The molecule has 25 heteroatoms. The summed E-state index contributed by atoms with van der Waals surface area (Å²) < 4.78 is 0. The van der Waals surface area contributed by atoms with E-state index in [1.165, 1.54) is 93.6 Å². The molecule has 2 heterocycles. The Morgan fingerprint density at radius 1 is 0.483 bits per heavy atom. The van der Waals surface area contributed by atoms with Gasteiger partial charge in [-0.2, -0.15) is 0 Å². The number of ketones is 1. The second-order valence-corrected chi connectivity index (χ2v) is 24.6. The maximum absolute atomic E-state index is 14.7. The van der Waals surface area contributed by atoms with Crippen LogP contribution in [0.25, 0.3) is 0 Å². The van der Waals surface area contributed by atoms with Crippen LogP contribution in [0.3, 0.4) is 0 Å². The second kappa shape index (κ2) is 33.7. The standard InChI is InChI=1S/C64H98N12O13/c1-38(2)34-51-57(82)67-50(62(87)76-31-24-19-25-32-76)37-48(78)30-33-69(10)43(7)59(84)75(16)52(36-47-28-22-18-23-29-47)63(88)71(12)42(6)56(81)68-53(45(9)77)64(89)72(13)41(5)55(80)66-49(35-46-26-20-17-21-27-46)61(86)70(11)40(4)54(79)65-39(3)58(83)73(14)44(8)60(85)74(51)15/h17-18,20-23,26-29,38-45,49-53,77H,19,24-25,30-37H2,1-16H3,(H,65,79)(H,66,80)(H,67,82)(H,68,81)/t39-,40-,41-,42-,43-,44-,45+,49-,50-,51-,52-,53-/m0/s1. The minimum Gasteiger partial charge on any atom is -0.391 e. The van der Waals surface area contributed by atoms with Gasteiger partial charge in [-0.05, 0) is 98.2 Å². The maximum atomic E-state index is 14.7. The Bertz CT molecular complexity index is 2820. The molecule has 2 aromatic rings. The summed E-state index contributed by atoms with van der Waals surface area (Å²) in [6.45, 7) is 14.5. The van der Waals surface area contributed by atoms with Gasteiger partial charge in [-0.25, -0.2) is 0 Å². The van der Waals surface area contributed by atoms with E-state index in [-0.39, 0.29) is 38.1 Å². The topological polar surface area (TPSA) is 299 Å². The van der Waals surface area contributed by atoms with Crippen molar-refractivity contribution in [3.63, 3.8) is 0 Å². The number of benzene rings is 2. The van der Waals surface area contributed by atoms with Gasteiger partial charge in [0.05, 0.1) is 12.1 Å². The zero-order chi connectivity index (χ0) is 66.9. The van der Waals surface area contributed by atoms with E-state index in [1.807, 2.05) is 13.8 Å². The zero-order valence-electron chi connectivity index (χ0n) is 55.0. The lowest BCUT2D eigenvalue weighted by molar-refractivity contribution is -0.150. The van der Waals surface area contributed by atoms with E-state index in [9.17, 15) is 62.6 Å². The van der Waals surface area contributed by atoms with Crippen molar-refractivity contribution in [1.29, 1.82) is 0 Å². The number of nitrogens with zero attached hydrogens (tertiary/aromatic N) is 8. The lowest BCUT2D eigenvalue weighted by Crippen LogP contribution is -2.61. The van der Waals surface area contributed by atoms with Crippen LogP contribution in [0, 0.1) is 5.92 Å². The Morgan fingerprint density at radius 2 is 0.944 bits per heavy atom. The normalized spacial score (nSPS) is 27.8. The molecule has 0 aliphatic carbocycles. The first-order valence-corrected chi connectivity index (χ1v) is 30.8. The average Bonchev–Trinajstić information content (AvgIpc) is 1.81. The zero-order valence-corrected chi connectivity index (χ0v) is 55.0. The Labute approximate surface area is 524 Å². The molecule has 5 N–H and O–H groups in total. The van der Waals surface area contributed by atoms with Gasteiger partial charge in [0.25, 0.3) is 0 Å². The molecule has 0 aromatic heterocycles. The summed E-state index contributed by atoms with van der Waals surface area (Å²) >= 11 is 0. The lowest BCUT2D eigenvalue weighted by Gasteiger charge is -2.36. The smallest absolute Gasteiger partial charge is 0.248 e. The summed E-state index contributed by atoms with van der Waals surface area (Å²) in [5, 5.41) is 21.7. The molecule has 2 aromatic carbocycles. The first-order valence-electron chi connectivity index (χ1n) is 30.8. The summed E-state index contributed by atoms with van der Waals surface area (Å²) in [4.78, 5) is 182. The molecular weight excluding hydrogens is 1140 g/mol. The van der Waals surface area contributed by atoms with Crippen molar-refractivity contribution < 1.29 is 62.6 Å². The Hall–Kier alpha value is -7.80. The Balaban J connectivity index is 1.77. The molecule has 0 spiro atoms. The van der Waals surface area contributed by atoms with Gasteiger partial charge in [0, 0.05) is 87.6 Å². The fourth-order valence-electron chi connectivity index (χ4n) is 10.7. The van der Waals surface area contributed by atoms with Gasteiger partial charge in [0.2, 0.25) is 65.0 Å². The van der Waals surface area contributed by atoms with Gasteiger partial charge in [0.1, 0.15) is 66.2 Å². The van der Waals surface area contributed by atoms with Crippen LogP contribution in [-0.4, -0.2) is 257 Å². The first kappa shape index (κ1) is 73.7. The highest BCUT2D eigenvalue weighted by molar-refractivity contribution is 5.99. The van der Waals surface area contributed by atoms with Crippen molar-refractivity contribution in [2.24, 2.45) is 5.92 Å². The molecule has 11 amide bonds. The van der Waals surface area contributed by atoms with Gasteiger partial charge in [-0.1, -0.05) is 74.5 Å². The van der Waals surface area contributed by atoms with Gasteiger partial charge in [-0.15, -0.1) is 0 Å². The van der Waals surface area contributed by atoms with Gasteiger partial charge < -0.3 is 60.7 Å². The minimum absolute atomic E-state index is 0.0205. The van der Waals surface area contributed by atoms with E-state index in [4.69, 9.17) is 0 Å². The molecule has 0 saturated carbocycles. The number of hydrogen-bond acceptors (Lipinski definition) is 14. The molecule has 2 aliphatic heterocycles.